The lowest BCUT2D eigenvalue weighted by Gasteiger charge is -2.33. The van der Waals surface area contributed by atoms with E-state index in [9.17, 15) is 9.90 Å². The van der Waals surface area contributed by atoms with Crippen LogP contribution in [0, 0.1) is 5.41 Å². The highest BCUT2D eigenvalue weighted by Gasteiger charge is 2.29. The largest absolute Gasteiger partial charge is 0.506 e. The predicted octanol–water partition coefficient (Wildman–Crippen LogP) is 3.10. The molecule has 1 aromatic rings. The maximum absolute atomic E-state index is 12.0. The van der Waals surface area contributed by atoms with Gasteiger partial charge in [0.25, 0.3) is 0 Å². The molecule has 4 heteroatoms. The molecule has 0 saturated heterocycles. The van der Waals surface area contributed by atoms with Crippen LogP contribution in [0.25, 0.3) is 0 Å². The van der Waals surface area contributed by atoms with E-state index in [-0.39, 0.29) is 23.5 Å². The minimum absolute atomic E-state index is 0.0137. The van der Waals surface area contributed by atoms with E-state index in [0.717, 1.165) is 25.7 Å². The summed E-state index contributed by atoms with van der Waals surface area (Å²) < 4.78 is 5.47. The van der Waals surface area contributed by atoms with Gasteiger partial charge in [-0.25, -0.2) is 4.79 Å². The van der Waals surface area contributed by atoms with Gasteiger partial charge in [0.05, 0.1) is 11.3 Å². The first-order chi connectivity index (χ1) is 8.87. The molecule has 104 valence electrons. The molecule has 0 unspecified atom stereocenters. The number of rotatable bonds is 2. The molecule has 1 fully saturated rings. The standard InChI is InChI=1S/C15H21NO3/c1-15(2)7-5-11(6-8-15)19-14(18)10-3-4-12(16)13(17)9-10/h3-4,9,11,17H,5-8,16H2,1-2H3. The maximum atomic E-state index is 12.0. The number of benzene rings is 1. The van der Waals surface area contributed by atoms with Gasteiger partial charge in [0.1, 0.15) is 11.9 Å². The molecular formula is C15H21NO3. The molecule has 1 aromatic carbocycles. The third-order valence-electron chi connectivity index (χ3n) is 3.83. The Bertz CT molecular complexity index is 472. The van der Waals surface area contributed by atoms with Crippen LogP contribution in [-0.4, -0.2) is 17.2 Å². The lowest BCUT2D eigenvalue weighted by molar-refractivity contribution is 0.00948. The number of esters is 1. The minimum Gasteiger partial charge on any atom is -0.506 e. The number of carbonyl (C=O) groups is 1. The molecule has 0 bridgehead atoms. The van der Waals surface area contributed by atoms with Gasteiger partial charge in [-0.1, -0.05) is 13.8 Å². The highest BCUT2D eigenvalue weighted by Crippen LogP contribution is 2.36. The van der Waals surface area contributed by atoms with Crippen molar-refractivity contribution in [2.75, 3.05) is 5.73 Å². The summed E-state index contributed by atoms with van der Waals surface area (Å²) >= 11 is 0. The summed E-state index contributed by atoms with van der Waals surface area (Å²) in [6.07, 6.45) is 3.93. The molecule has 4 nitrogen and oxygen atoms in total. The molecule has 0 atom stereocenters. The summed E-state index contributed by atoms with van der Waals surface area (Å²) in [5.74, 6) is -0.473. The minimum atomic E-state index is -0.389. The van der Waals surface area contributed by atoms with Gasteiger partial charge in [-0.05, 0) is 49.3 Å². The number of aromatic hydroxyl groups is 1. The van der Waals surface area contributed by atoms with E-state index in [1.165, 1.54) is 12.1 Å². The van der Waals surface area contributed by atoms with E-state index in [2.05, 4.69) is 13.8 Å². The summed E-state index contributed by atoms with van der Waals surface area (Å²) in [6.45, 7) is 4.48. The lowest BCUT2D eigenvalue weighted by atomic mass is 9.76. The Morgan fingerprint density at radius 2 is 2.00 bits per heavy atom. The zero-order chi connectivity index (χ0) is 14.0. The van der Waals surface area contributed by atoms with Gasteiger partial charge in [-0.15, -0.1) is 0 Å². The van der Waals surface area contributed by atoms with E-state index in [4.69, 9.17) is 10.5 Å². The first-order valence-electron chi connectivity index (χ1n) is 6.67. The van der Waals surface area contributed by atoms with Crippen LogP contribution in [0.1, 0.15) is 49.9 Å². The average Bonchev–Trinajstić information content (AvgIpc) is 2.35. The van der Waals surface area contributed by atoms with Crippen molar-refractivity contribution in [1.82, 2.24) is 0 Å². The van der Waals surface area contributed by atoms with Crippen molar-refractivity contribution < 1.29 is 14.6 Å². The first-order valence-corrected chi connectivity index (χ1v) is 6.67. The molecular weight excluding hydrogens is 242 g/mol. The van der Waals surface area contributed by atoms with E-state index in [1.54, 1.807) is 6.07 Å². The summed E-state index contributed by atoms with van der Waals surface area (Å²) in [4.78, 5) is 12.0. The van der Waals surface area contributed by atoms with Crippen LogP contribution in [0.4, 0.5) is 5.69 Å². The molecule has 2 rings (SSSR count). The second-order valence-electron chi connectivity index (χ2n) is 6.04. The zero-order valence-electron chi connectivity index (χ0n) is 11.5. The molecule has 3 N–H and O–H groups in total. The van der Waals surface area contributed by atoms with Gasteiger partial charge in [0, 0.05) is 0 Å². The number of hydrogen-bond donors (Lipinski definition) is 2. The maximum Gasteiger partial charge on any atom is 0.338 e. The van der Waals surface area contributed by atoms with Crippen LogP contribution in [0.5, 0.6) is 5.75 Å². The number of nitrogens with two attached hydrogens (primary N) is 1. The number of hydrogen-bond acceptors (Lipinski definition) is 4. The van der Waals surface area contributed by atoms with Crippen molar-refractivity contribution in [3.63, 3.8) is 0 Å². The van der Waals surface area contributed by atoms with E-state index < -0.39 is 0 Å². The molecule has 1 aliphatic carbocycles. The first kappa shape index (κ1) is 13.7. The van der Waals surface area contributed by atoms with Crippen LogP contribution in [0.2, 0.25) is 0 Å². The molecule has 0 heterocycles. The van der Waals surface area contributed by atoms with Crippen LogP contribution in [0.15, 0.2) is 18.2 Å². The van der Waals surface area contributed by atoms with Crippen molar-refractivity contribution in [3.05, 3.63) is 23.8 Å². The molecule has 0 aliphatic heterocycles. The van der Waals surface area contributed by atoms with E-state index in [1.807, 2.05) is 0 Å². The van der Waals surface area contributed by atoms with Gasteiger partial charge in [0.2, 0.25) is 0 Å². The predicted molar refractivity (Wildman–Crippen MR) is 74.0 cm³/mol. The number of phenolic OH excluding ortho intramolecular Hbond substituents is 1. The average molecular weight is 263 g/mol. The summed E-state index contributed by atoms with van der Waals surface area (Å²) in [6, 6.07) is 4.44. The zero-order valence-corrected chi connectivity index (χ0v) is 11.5. The Balaban J connectivity index is 1.96. The Morgan fingerprint density at radius 3 is 2.58 bits per heavy atom. The fourth-order valence-electron chi connectivity index (χ4n) is 2.38. The quantitative estimate of drug-likeness (QED) is 0.488. The molecule has 1 aliphatic rings. The van der Waals surface area contributed by atoms with Gasteiger partial charge >= 0.3 is 5.97 Å². The van der Waals surface area contributed by atoms with Gasteiger partial charge < -0.3 is 15.6 Å². The lowest BCUT2D eigenvalue weighted by Crippen LogP contribution is -2.28. The highest BCUT2D eigenvalue weighted by molar-refractivity contribution is 5.90. The Hall–Kier alpha value is -1.71. The van der Waals surface area contributed by atoms with Gasteiger partial charge in [-0.3, -0.25) is 0 Å². The number of carbonyl (C=O) groups excluding carboxylic acids is 1. The van der Waals surface area contributed by atoms with Crippen molar-refractivity contribution in [3.8, 4) is 5.75 Å². The van der Waals surface area contributed by atoms with Crippen LogP contribution < -0.4 is 5.73 Å². The van der Waals surface area contributed by atoms with Crippen molar-refractivity contribution in [1.29, 1.82) is 0 Å². The summed E-state index contributed by atoms with van der Waals surface area (Å²) in [5.41, 5.74) is 6.45. The van der Waals surface area contributed by atoms with Crippen LogP contribution >= 0.6 is 0 Å². The second-order valence-corrected chi connectivity index (χ2v) is 6.04. The highest BCUT2D eigenvalue weighted by atomic mass is 16.5. The number of ether oxygens (including phenoxy) is 1. The third-order valence-corrected chi connectivity index (χ3v) is 3.83. The molecule has 19 heavy (non-hydrogen) atoms. The Labute approximate surface area is 113 Å². The van der Waals surface area contributed by atoms with Crippen molar-refractivity contribution >= 4 is 11.7 Å². The normalized spacial score (nSPS) is 19.1. The monoisotopic (exact) mass is 263 g/mol. The third kappa shape index (κ3) is 3.40. The van der Waals surface area contributed by atoms with Gasteiger partial charge in [0.15, 0.2) is 0 Å². The molecule has 0 radical (unpaired) electrons. The smallest absolute Gasteiger partial charge is 0.338 e. The Morgan fingerprint density at radius 1 is 1.37 bits per heavy atom. The van der Waals surface area contributed by atoms with Crippen LogP contribution in [-0.2, 0) is 4.74 Å². The van der Waals surface area contributed by atoms with E-state index >= 15 is 0 Å². The topological polar surface area (TPSA) is 72.5 Å². The fourth-order valence-corrected chi connectivity index (χ4v) is 2.38. The Kier molecular flexibility index (Phi) is 3.69. The molecule has 1 saturated carbocycles. The fraction of sp³-hybridized carbons (Fsp3) is 0.533. The van der Waals surface area contributed by atoms with E-state index in [0.29, 0.717) is 11.0 Å². The van der Waals surface area contributed by atoms with Gasteiger partial charge in [-0.2, -0.15) is 0 Å². The molecule has 0 aromatic heterocycles. The van der Waals surface area contributed by atoms with Crippen LogP contribution in [0.3, 0.4) is 0 Å². The van der Waals surface area contributed by atoms with Crippen molar-refractivity contribution in [2.24, 2.45) is 5.41 Å². The van der Waals surface area contributed by atoms with Crippen molar-refractivity contribution in [2.45, 2.75) is 45.6 Å². The molecule has 0 spiro atoms. The number of phenols is 1. The summed E-state index contributed by atoms with van der Waals surface area (Å²) in [7, 11) is 0. The SMILES string of the molecule is CC1(C)CCC(OC(=O)c2ccc(N)c(O)c2)CC1. The second kappa shape index (κ2) is 5.11. The summed E-state index contributed by atoms with van der Waals surface area (Å²) in [5, 5.41) is 9.49. The number of anilines is 1. The molecule has 0 amide bonds. The number of nitrogen functional groups attached to an aromatic ring is 1.